The summed E-state index contributed by atoms with van der Waals surface area (Å²) < 4.78 is 16.6. The summed E-state index contributed by atoms with van der Waals surface area (Å²) in [5.41, 5.74) is 1.78. The minimum Gasteiger partial charge on any atom is -0.328 e. The molecule has 2 aromatic rings. The molecule has 1 saturated carbocycles. The summed E-state index contributed by atoms with van der Waals surface area (Å²) in [6.45, 7) is 4.61. The maximum atomic E-state index is 13.8. The molecule has 0 aliphatic heterocycles. The Hall–Kier alpha value is -1.16. The average molecular weight is 278 g/mol. The average Bonchev–Trinajstić information content (AvgIpc) is 2.66. The molecule has 102 valence electrons. The Morgan fingerprint density at radius 1 is 1.42 bits per heavy atom. The van der Waals surface area contributed by atoms with Crippen LogP contribution in [0.15, 0.2) is 18.2 Å². The lowest BCUT2D eigenvalue weighted by Crippen LogP contribution is -2.25. The fourth-order valence-corrected chi connectivity index (χ4v) is 3.70. The van der Waals surface area contributed by atoms with Crippen molar-refractivity contribution in [2.45, 2.75) is 45.6 Å². The third-order valence-corrected chi connectivity index (χ3v) is 4.54. The molecule has 0 saturated heterocycles. The zero-order valence-electron chi connectivity index (χ0n) is 11.4. The van der Waals surface area contributed by atoms with Crippen molar-refractivity contribution in [2.75, 3.05) is 0 Å². The molecule has 19 heavy (non-hydrogen) atoms. The van der Waals surface area contributed by atoms with E-state index in [-0.39, 0.29) is 5.82 Å². The quantitative estimate of drug-likeness (QED) is 0.730. The summed E-state index contributed by atoms with van der Waals surface area (Å²) in [6.07, 6.45) is 4.70. The molecule has 1 aromatic heterocycles. The van der Waals surface area contributed by atoms with Crippen molar-refractivity contribution in [1.82, 2.24) is 9.55 Å². The van der Waals surface area contributed by atoms with Crippen LogP contribution in [-0.4, -0.2) is 9.55 Å². The molecule has 1 unspecified atom stereocenters. The lowest BCUT2D eigenvalue weighted by molar-refractivity contribution is 0.185. The van der Waals surface area contributed by atoms with E-state index in [1.165, 1.54) is 18.9 Å². The number of fused-ring (bicyclic) bond motifs is 1. The molecule has 1 fully saturated rings. The van der Waals surface area contributed by atoms with Crippen LogP contribution in [0.2, 0.25) is 0 Å². The SMILES string of the molecule is CC1(C)CCCC(n2c(=S)[nH]c3c(F)cccc32)C1. The second-order valence-electron chi connectivity index (χ2n) is 6.35. The minimum absolute atomic E-state index is 0.225. The van der Waals surface area contributed by atoms with Gasteiger partial charge in [0.15, 0.2) is 4.77 Å². The Morgan fingerprint density at radius 2 is 2.21 bits per heavy atom. The van der Waals surface area contributed by atoms with Gasteiger partial charge in [0.2, 0.25) is 0 Å². The van der Waals surface area contributed by atoms with Crippen LogP contribution in [0.3, 0.4) is 0 Å². The first kappa shape index (κ1) is 12.9. The second-order valence-corrected chi connectivity index (χ2v) is 6.74. The Balaban J connectivity index is 2.12. The van der Waals surface area contributed by atoms with Crippen molar-refractivity contribution in [3.05, 3.63) is 28.8 Å². The number of rotatable bonds is 1. The maximum absolute atomic E-state index is 13.8. The van der Waals surface area contributed by atoms with Gasteiger partial charge in [0.05, 0.1) is 5.52 Å². The van der Waals surface area contributed by atoms with Crippen molar-refractivity contribution in [1.29, 1.82) is 0 Å². The van der Waals surface area contributed by atoms with Gasteiger partial charge in [-0.2, -0.15) is 0 Å². The Kier molecular flexibility index (Phi) is 3.01. The van der Waals surface area contributed by atoms with Gasteiger partial charge in [-0.1, -0.05) is 26.3 Å². The number of aromatic amines is 1. The predicted molar refractivity (Wildman–Crippen MR) is 78.4 cm³/mol. The number of benzene rings is 1. The predicted octanol–water partition coefficient (Wildman–Crippen LogP) is 4.98. The van der Waals surface area contributed by atoms with Crippen molar-refractivity contribution >= 4 is 23.3 Å². The van der Waals surface area contributed by atoms with Gasteiger partial charge in [-0.25, -0.2) is 4.39 Å². The highest BCUT2D eigenvalue weighted by atomic mass is 32.1. The topological polar surface area (TPSA) is 20.7 Å². The van der Waals surface area contributed by atoms with Crippen LogP contribution < -0.4 is 0 Å². The van der Waals surface area contributed by atoms with E-state index in [9.17, 15) is 4.39 Å². The molecule has 4 heteroatoms. The minimum atomic E-state index is -0.225. The van der Waals surface area contributed by atoms with E-state index in [0.717, 1.165) is 18.4 Å². The zero-order chi connectivity index (χ0) is 13.6. The number of nitrogens with zero attached hydrogens (tertiary/aromatic N) is 1. The van der Waals surface area contributed by atoms with Crippen LogP contribution in [0, 0.1) is 16.0 Å². The van der Waals surface area contributed by atoms with E-state index in [1.54, 1.807) is 6.07 Å². The van der Waals surface area contributed by atoms with Gasteiger partial charge in [0.25, 0.3) is 0 Å². The number of halogens is 1. The highest BCUT2D eigenvalue weighted by Gasteiger charge is 2.30. The van der Waals surface area contributed by atoms with Gasteiger partial charge in [0.1, 0.15) is 11.3 Å². The number of nitrogens with one attached hydrogen (secondary N) is 1. The molecule has 1 N–H and O–H groups in total. The summed E-state index contributed by atoms with van der Waals surface area (Å²) in [5.74, 6) is -0.225. The summed E-state index contributed by atoms with van der Waals surface area (Å²) in [7, 11) is 0. The number of hydrogen-bond acceptors (Lipinski definition) is 1. The lowest BCUT2D eigenvalue weighted by Gasteiger charge is -2.36. The number of hydrogen-bond donors (Lipinski definition) is 1. The third-order valence-electron chi connectivity index (χ3n) is 4.25. The molecule has 0 spiro atoms. The van der Waals surface area contributed by atoms with E-state index in [0.29, 0.717) is 21.7 Å². The second kappa shape index (κ2) is 4.44. The fourth-order valence-electron chi connectivity index (χ4n) is 3.35. The van der Waals surface area contributed by atoms with Crippen LogP contribution in [0.1, 0.15) is 45.6 Å². The summed E-state index contributed by atoms with van der Waals surface area (Å²) in [4.78, 5) is 3.02. The van der Waals surface area contributed by atoms with Gasteiger partial charge in [0, 0.05) is 6.04 Å². The van der Waals surface area contributed by atoms with Crippen molar-refractivity contribution in [3.8, 4) is 0 Å². The van der Waals surface area contributed by atoms with E-state index in [1.807, 2.05) is 6.07 Å². The Bertz CT molecular complexity index is 668. The first-order valence-corrected chi connectivity index (χ1v) is 7.27. The number of imidazole rings is 1. The highest BCUT2D eigenvalue weighted by Crippen LogP contribution is 2.42. The Morgan fingerprint density at radius 3 is 2.95 bits per heavy atom. The fraction of sp³-hybridized carbons (Fsp3) is 0.533. The zero-order valence-corrected chi connectivity index (χ0v) is 12.2. The summed E-state index contributed by atoms with van der Waals surface area (Å²) >= 11 is 5.41. The van der Waals surface area contributed by atoms with Gasteiger partial charge < -0.3 is 9.55 Å². The van der Waals surface area contributed by atoms with Crippen molar-refractivity contribution in [3.63, 3.8) is 0 Å². The number of para-hydroxylation sites is 1. The molecule has 1 aliphatic carbocycles. The summed E-state index contributed by atoms with van der Waals surface area (Å²) in [6, 6.07) is 5.56. The normalized spacial score (nSPS) is 22.8. The molecular weight excluding hydrogens is 259 g/mol. The molecule has 0 radical (unpaired) electrons. The third kappa shape index (κ3) is 2.22. The van der Waals surface area contributed by atoms with Crippen molar-refractivity contribution in [2.24, 2.45) is 5.41 Å². The van der Waals surface area contributed by atoms with E-state index >= 15 is 0 Å². The largest absolute Gasteiger partial charge is 0.328 e. The standard InChI is InChI=1S/C15H19FN2S/c1-15(2)8-4-5-10(9-15)18-12-7-3-6-11(16)13(12)17-14(18)19/h3,6-7,10H,4-5,8-9H2,1-2H3,(H,17,19). The molecule has 1 heterocycles. The first-order valence-electron chi connectivity index (χ1n) is 6.87. The van der Waals surface area contributed by atoms with Gasteiger partial charge in [-0.05, 0) is 49.0 Å². The number of H-pyrrole nitrogens is 1. The molecule has 0 amide bonds. The monoisotopic (exact) mass is 278 g/mol. The van der Waals surface area contributed by atoms with Crippen molar-refractivity contribution < 1.29 is 4.39 Å². The molecule has 3 rings (SSSR count). The van der Waals surface area contributed by atoms with E-state index in [2.05, 4.69) is 23.4 Å². The molecule has 1 aliphatic rings. The number of aromatic nitrogens is 2. The first-order chi connectivity index (χ1) is 8.98. The van der Waals surface area contributed by atoms with E-state index < -0.39 is 0 Å². The molecular formula is C15H19FN2S. The van der Waals surface area contributed by atoms with Crippen LogP contribution in [-0.2, 0) is 0 Å². The molecule has 1 aromatic carbocycles. The lowest BCUT2D eigenvalue weighted by atomic mass is 9.75. The maximum Gasteiger partial charge on any atom is 0.178 e. The molecule has 1 atom stereocenters. The van der Waals surface area contributed by atoms with Gasteiger partial charge >= 0.3 is 0 Å². The van der Waals surface area contributed by atoms with Crippen LogP contribution >= 0.6 is 12.2 Å². The Labute approximate surface area is 117 Å². The molecule has 0 bridgehead atoms. The molecule has 2 nitrogen and oxygen atoms in total. The highest BCUT2D eigenvalue weighted by molar-refractivity contribution is 7.71. The van der Waals surface area contributed by atoms with Gasteiger partial charge in [-0.3, -0.25) is 0 Å². The van der Waals surface area contributed by atoms with Crippen LogP contribution in [0.25, 0.3) is 11.0 Å². The van der Waals surface area contributed by atoms with E-state index in [4.69, 9.17) is 12.2 Å². The van der Waals surface area contributed by atoms with Gasteiger partial charge in [-0.15, -0.1) is 0 Å². The summed E-state index contributed by atoms with van der Waals surface area (Å²) in [5, 5.41) is 0. The smallest absolute Gasteiger partial charge is 0.178 e. The van der Waals surface area contributed by atoms with Crippen LogP contribution in [0.5, 0.6) is 0 Å². The van der Waals surface area contributed by atoms with Crippen LogP contribution in [0.4, 0.5) is 4.39 Å².